The molecule has 1 aliphatic heterocycles. The fourth-order valence-corrected chi connectivity index (χ4v) is 2.75. The number of hydrogen-bond acceptors (Lipinski definition) is 5. The standard InChI is InChI=1S/C16H20FN5O/c17-12-10-13(15-14(11-12)19-3-4-20-15)16(23)21-2-1-7-22-8-5-18-6-9-22/h3-4,10-11,18H,1-2,5-9H2,(H,21,23). The van der Waals surface area contributed by atoms with Gasteiger partial charge < -0.3 is 15.5 Å². The molecule has 0 unspecified atom stereocenters. The number of amides is 1. The maximum atomic E-state index is 13.6. The fraction of sp³-hybridized carbons (Fsp3) is 0.438. The molecule has 1 amide bonds. The first-order valence-electron chi connectivity index (χ1n) is 7.85. The molecular weight excluding hydrogens is 297 g/mol. The van der Waals surface area contributed by atoms with Crippen molar-refractivity contribution in [3.8, 4) is 0 Å². The Hall–Kier alpha value is -2.12. The van der Waals surface area contributed by atoms with Crippen LogP contribution in [0, 0.1) is 5.82 Å². The summed E-state index contributed by atoms with van der Waals surface area (Å²) in [4.78, 5) is 22.8. The van der Waals surface area contributed by atoms with Crippen LogP contribution in [-0.4, -0.2) is 60.0 Å². The average Bonchev–Trinajstić information content (AvgIpc) is 2.58. The molecule has 1 aliphatic rings. The highest BCUT2D eigenvalue weighted by Gasteiger charge is 2.14. The van der Waals surface area contributed by atoms with Crippen LogP contribution in [0.3, 0.4) is 0 Å². The minimum absolute atomic E-state index is 0.232. The fourth-order valence-electron chi connectivity index (χ4n) is 2.75. The van der Waals surface area contributed by atoms with Crippen LogP contribution >= 0.6 is 0 Å². The van der Waals surface area contributed by atoms with E-state index in [4.69, 9.17) is 0 Å². The highest BCUT2D eigenvalue weighted by Crippen LogP contribution is 2.16. The van der Waals surface area contributed by atoms with Gasteiger partial charge in [-0.2, -0.15) is 0 Å². The number of halogens is 1. The molecule has 0 aliphatic carbocycles. The van der Waals surface area contributed by atoms with E-state index in [1.54, 1.807) is 0 Å². The minimum atomic E-state index is -0.482. The second kappa shape index (κ2) is 7.43. The zero-order chi connectivity index (χ0) is 16.1. The molecule has 0 spiro atoms. The first kappa shape index (κ1) is 15.8. The number of aromatic nitrogens is 2. The van der Waals surface area contributed by atoms with Gasteiger partial charge in [0.15, 0.2) is 0 Å². The molecule has 3 rings (SSSR count). The van der Waals surface area contributed by atoms with Crippen LogP contribution in [0.4, 0.5) is 4.39 Å². The molecule has 2 heterocycles. The summed E-state index contributed by atoms with van der Waals surface area (Å²) in [5.74, 6) is -0.792. The van der Waals surface area contributed by atoms with E-state index >= 15 is 0 Å². The number of nitrogens with zero attached hydrogens (tertiary/aromatic N) is 3. The van der Waals surface area contributed by atoms with Crippen LogP contribution in [0.1, 0.15) is 16.8 Å². The zero-order valence-electron chi connectivity index (χ0n) is 12.9. The molecule has 2 aromatic rings. The molecule has 122 valence electrons. The SMILES string of the molecule is O=C(NCCCN1CCNCC1)c1cc(F)cc2nccnc12. The van der Waals surface area contributed by atoms with Crippen molar-refractivity contribution < 1.29 is 9.18 Å². The van der Waals surface area contributed by atoms with Crippen LogP contribution in [-0.2, 0) is 0 Å². The second-order valence-corrected chi connectivity index (χ2v) is 5.58. The predicted octanol–water partition coefficient (Wildman–Crippen LogP) is 0.794. The third kappa shape index (κ3) is 4.00. The minimum Gasteiger partial charge on any atom is -0.352 e. The van der Waals surface area contributed by atoms with E-state index in [1.165, 1.54) is 24.5 Å². The van der Waals surface area contributed by atoms with Gasteiger partial charge >= 0.3 is 0 Å². The molecule has 23 heavy (non-hydrogen) atoms. The first-order valence-corrected chi connectivity index (χ1v) is 7.85. The number of nitrogens with one attached hydrogen (secondary N) is 2. The second-order valence-electron chi connectivity index (χ2n) is 5.58. The van der Waals surface area contributed by atoms with Crippen molar-refractivity contribution in [3.63, 3.8) is 0 Å². The summed E-state index contributed by atoms with van der Waals surface area (Å²) in [6, 6.07) is 2.49. The molecule has 7 heteroatoms. The summed E-state index contributed by atoms with van der Waals surface area (Å²) in [5.41, 5.74) is 1.04. The Labute approximate surface area is 134 Å². The molecule has 0 bridgehead atoms. The van der Waals surface area contributed by atoms with Gasteiger partial charge in [-0.05, 0) is 19.0 Å². The van der Waals surface area contributed by atoms with Crippen LogP contribution in [0.25, 0.3) is 11.0 Å². The van der Waals surface area contributed by atoms with Gasteiger partial charge in [-0.15, -0.1) is 0 Å². The molecule has 0 radical (unpaired) electrons. The first-order chi connectivity index (χ1) is 11.2. The lowest BCUT2D eigenvalue weighted by Crippen LogP contribution is -2.44. The number of hydrogen-bond donors (Lipinski definition) is 2. The van der Waals surface area contributed by atoms with Crippen LogP contribution in [0.15, 0.2) is 24.5 Å². The van der Waals surface area contributed by atoms with Gasteiger partial charge in [-0.3, -0.25) is 14.8 Å². The number of carbonyl (C=O) groups is 1. The lowest BCUT2D eigenvalue weighted by Gasteiger charge is -2.27. The van der Waals surface area contributed by atoms with Crippen LogP contribution in [0.5, 0.6) is 0 Å². The predicted molar refractivity (Wildman–Crippen MR) is 85.8 cm³/mol. The Morgan fingerprint density at radius 1 is 1.26 bits per heavy atom. The summed E-state index contributed by atoms with van der Waals surface area (Å²) < 4.78 is 13.6. The van der Waals surface area contributed by atoms with Gasteiger partial charge in [0, 0.05) is 51.2 Å². The zero-order valence-corrected chi connectivity index (χ0v) is 12.9. The largest absolute Gasteiger partial charge is 0.352 e. The van der Waals surface area contributed by atoms with E-state index in [9.17, 15) is 9.18 Å². The number of carbonyl (C=O) groups excluding carboxylic acids is 1. The summed E-state index contributed by atoms with van der Waals surface area (Å²) in [6.45, 7) is 5.61. The Bertz CT molecular complexity index is 687. The van der Waals surface area contributed by atoms with E-state index in [-0.39, 0.29) is 11.5 Å². The number of piperazine rings is 1. The molecule has 0 atom stereocenters. The van der Waals surface area contributed by atoms with Crippen molar-refractivity contribution in [3.05, 3.63) is 35.9 Å². The van der Waals surface area contributed by atoms with Crippen molar-refractivity contribution in [2.24, 2.45) is 0 Å². The summed E-state index contributed by atoms with van der Waals surface area (Å²) in [6.07, 6.45) is 3.85. The van der Waals surface area contributed by atoms with Crippen molar-refractivity contribution in [1.29, 1.82) is 0 Å². The van der Waals surface area contributed by atoms with Gasteiger partial charge in [0.25, 0.3) is 5.91 Å². The topological polar surface area (TPSA) is 70.2 Å². The van der Waals surface area contributed by atoms with Crippen LogP contribution in [0.2, 0.25) is 0 Å². The van der Waals surface area contributed by atoms with Crippen molar-refractivity contribution >= 4 is 16.9 Å². The monoisotopic (exact) mass is 317 g/mol. The molecule has 1 fully saturated rings. The lowest BCUT2D eigenvalue weighted by molar-refractivity contribution is 0.0952. The van der Waals surface area contributed by atoms with Crippen molar-refractivity contribution in [1.82, 2.24) is 25.5 Å². The molecular formula is C16H20FN5O. The lowest BCUT2D eigenvalue weighted by atomic mass is 10.1. The third-order valence-electron chi connectivity index (χ3n) is 3.93. The number of fused-ring (bicyclic) bond motifs is 1. The summed E-state index contributed by atoms with van der Waals surface area (Å²) in [5, 5.41) is 6.15. The Balaban J connectivity index is 1.58. The van der Waals surface area contributed by atoms with E-state index in [0.717, 1.165) is 39.1 Å². The smallest absolute Gasteiger partial charge is 0.253 e. The summed E-state index contributed by atoms with van der Waals surface area (Å²) >= 11 is 0. The maximum Gasteiger partial charge on any atom is 0.253 e. The van der Waals surface area contributed by atoms with Gasteiger partial charge in [0.1, 0.15) is 11.3 Å². The molecule has 1 aromatic heterocycles. The van der Waals surface area contributed by atoms with Gasteiger partial charge in [-0.25, -0.2) is 4.39 Å². The Morgan fingerprint density at radius 3 is 2.87 bits per heavy atom. The highest BCUT2D eigenvalue weighted by atomic mass is 19.1. The maximum absolute atomic E-state index is 13.6. The van der Waals surface area contributed by atoms with E-state index in [1.807, 2.05) is 0 Å². The van der Waals surface area contributed by atoms with Crippen molar-refractivity contribution in [2.75, 3.05) is 39.3 Å². The molecule has 2 N–H and O–H groups in total. The van der Waals surface area contributed by atoms with E-state index in [0.29, 0.717) is 17.6 Å². The quantitative estimate of drug-likeness (QED) is 0.798. The van der Waals surface area contributed by atoms with Gasteiger partial charge in [-0.1, -0.05) is 0 Å². The molecule has 1 saturated heterocycles. The average molecular weight is 317 g/mol. The van der Waals surface area contributed by atoms with E-state index in [2.05, 4.69) is 25.5 Å². The van der Waals surface area contributed by atoms with Gasteiger partial charge in [0.05, 0.1) is 11.1 Å². The molecule has 1 aromatic carbocycles. The molecule has 6 nitrogen and oxygen atoms in total. The van der Waals surface area contributed by atoms with Gasteiger partial charge in [0.2, 0.25) is 0 Å². The number of benzene rings is 1. The van der Waals surface area contributed by atoms with Crippen LogP contribution < -0.4 is 10.6 Å². The highest BCUT2D eigenvalue weighted by molar-refractivity contribution is 6.04. The Kier molecular flexibility index (Phi) is 5.09. The van der Waals surface area contributed by atoms with Crippen molar-refractivity contribution in [2.45, 2.75) is 6.42 Å². The number of rotatable bonds is 5. The Morgan fingerprint density at radius 2 is 2.04 bits per heavy atom. The third-order valence-corrected chi connectivity index (χ3v) is 3.93. The van der Waals surface area contributed by atoms with E-state index < -0.39 is 5.82 Å². The molecule has 0 saturated carbocycles. The normalized spacial score (nSPS) is 15.7. The summed E-state index contributed by atoms with van der Waals surface area (Å²) in [7, 11) is 0.